The maximum absolute atomic E-state index is 11.6. The lowest BCUT2D eigenvalue weighted by Gasteiger charge is -2.19. The molecule has 0 bridgehead atoms. The highest BCUT2D eigenvalue weighted by molar-refractivity contribution is 8.01. The molecule has 4 heteroatoms. The van der Waals surface area contributed by atoms with Crippen molar-refractivity contribution in [3.63, 3.8) is 0 Å². The standard InChI is InChI=1S/C13H14O3S/c1-13(2,12(14)15-3)17-11-8-16-10-7-5-4-6-9(10)11/h4-8H,1-3H3. The van der Waals surface area contributed by atoms with E-state index < -0.39 is 4.75 Å². The molecule has 0 aliphatic rings. The monoisotopic (exact) mass is 250 g/mol. The van der Waals surface area contributed by atoms with Crippen molar-refractivity contribution in [2.75, 3.05) is 7.11 Å². The molecule has 1 aromatic heterocycles. The van der Waals surface area contributed by atoms with Crippen molar-refractivity contribution in [3.05, 3.63) is 30.5 Å². The minimum Gasteiger partial charge on any atom is -0.468 e. The first-order chi connectivity index (χ1) is 8.04. The summed E-state index contributed by atoms with van der Waals surface area (Å²) in [5.74, 6) is -0.243. The van der Waals surface area contributed by atoms with Gasteiger partial charge in [0.25, 0.3) is 0 Å². The van der Waals surface area contributed by atoms with E-state index in [-0.39, 0.29) is 5.97 Å². The van der Waals surface area contributed by atoms with Crippen molar-refractivity contribution in [2.24, 2.45) is 0 Å². The maximum Gasteiger partial charge on any atom is 0.321 e. The van der Waals surface area contributed by atoms with Crippen molar-refractivity contribution in [1.29, 1.82) is 0 Å². The highest BCUT2D eigenvalue weighted by atomic mass is 32.2. The van der Waals surface area contributed by atoms with Gasteiger partial charge in [0.1, 0.15) is 16.6 Å². The Kier molecular flexibility index (Phi) is 3.15. The Labute approximate surface area is 104 Å². The summed E-state index contributed by atoms with van der Waals surface area (Å²) in [5, 5.41) is 1.02. The summed E-state index contributed by atoms with van der Waals surface area (Å²) in [6, 6.07) is 7.76. The van der Waals surface area contributed by atoms with Crippen LogP contribution in [0.15, 0.2) is 39.8 Å². The molecule has 0 radical (unpaired) electrons. The second-order valence-electron chi connectivity index (χ2n) is 4.20. The highest BCUT2D eigenvalue weighted by Gasteiger charge is 2.31. The van der Waals surface area contributed by atoms with Crippen molar-refractivity contribution < 1.29 is 13.9 Å². The van der Waals surface area contributed by atoms with Gasteiger partial charge in [-0.2, -0.15) is 0 Å². The fourth-order valence-corrected chi connectivity index (χ4v) is 2.69. The quantitative estimate of drug-likeness (QED) is 0.617. The number of ether oxygens (including phenoxy) is 1. The molecule has 0 aliphatic carbocycles. The summed E-state index contributed by atoms with van der Waals surface area (Å²) >= 11 is 1.45. The van der Waals surface area contributed by atoms with Crippen LogP contribution in [0.25, 0.3) is 11.0 Å². The minimum atomic E-state index is -0.624. The van der Waals surface area contributed by atoms with Gasteiger partial charge in [0, 0.05) is 5.39 Å². The molecular formula is C13H14O3S. The molecule has 0 saturated heterocycles. The number of methoxy groups -OCH3 is 1. The van der Waals surface area contributed by atoms with E-state index in [1.807, 2.05) is 38.1 Å². The molecule has 90 valence electrons. The average molecular weight is 250 g/mol. The lowest BCUT2D eigenvalue weighted by Crippen LogP contribution is -2.28. The average Bonchev–Trinajstić information content (AvgIpc) is 2.71. The van der Waals surface area contributed by atoms with E-state index >= 15 is 0 Å². The number of carbonyl (C=O) groups excluding carboxylic acids is 1. The fourth-order valence-electron chi connectivity index (χ4n) is 1.59. The summed E-state index contributed by atoms with van der Waals surface area (Å²) in [6.07, 6.45) is 1.68. The van der Waals surface area contributed by atoms with Gasteiger partial charge < -0.3 is 9.15 Å². The maximum atomic E-state index is 11.6. The van der Waals surface area contributed by atoms with Crippen LogP contribution < -0.4 is 0 Å². The molecule has 0 unspecified atom stereocenters. The number of furan rings is 1. The molecule has 0 saturated carbocycles. The predicted octanol–water partition coefficient (Wildman–Crippen LogP) is 3.48. The molecule has 2 rings (SSSR count). The summed E-state index contributed by atoms with van der Waals surface area (Å²) in [7, 11) is 1.40. The number of hydrogen-bond donors (Lipinski definition) is 0. The highest BCUT2D eigenvalue weighted by Crippen LogP contribution is 2.38. The van der Waals surface area contributed by atoms with E-state index in [9.17, 15) is 4.79 Å². The number of para-hydroxylation sites is 1. The third kappa shape index (κ3) is 2.31. The molecule has 1 heterocycles. The van der Waals surface area contributed by atoms with Gasteiger partial charge in [-0.3, -0.25) is 4.79 Å². The Bertz CT molecular complexity index is 542. The van der Waals surface area contributed by atoms with Crippen LogP contribution >= 0.6 is 11.8 Å². The zero-order valence-corrected chi connectivity index (χ0v) is 10.8. The van der Waals surface area contributed by atoms with Crippen LogP contribution in [-0.4, -0.2) is 17.8 Å². The number of thioether (sulfide) groups is 1. The number of rotatable bonds is 3. The molecule has 2 aromatic rings. The van der Waals surface area contributed by atoms with Gasteiger partial charge in [-0.15, -0.1) is 11.8 Å². The summed E-state index contributed by atoms with van der Waals surface area (Å²) in [6.45, 7) is 3.68. The SMILES string of the molecule is COC(=O)C(C)(C)Sc1coc2ccccc12. The number of fused-ring (bicyclic) bond motifs is 1. The Morgan fingerprint density at radius 2 is 2.06 bits per heavy atom. The largest absolute Gasteiger partial charge is 0.468 e. The van der Waals surface area contributed by atoms with Crippen LogP contribution in [-0.2, 0) is 9.53 Å². The van der Waals surface area contributed by atoms with Crippen LogP contribution in [0.1, 0.15) is 13.8 Å². The second kappa shape index (κ2) is 4.45. The first-order valence-corrected chi connectivity index (χ1v) is 6.10. The van der Waals surface area contributed by atoms with Crippen molar-refractivity contribution in [2.45, 2.75) is 23.5 Å². The first-order valence-electron chi connectivity index (χ1n) is 5.28. The van der Waals surface area contributed by atoms with Crippen LogP contribution in [0.2, 0.25) is 0 Å². The van der Waals surface area contributed by atoms with Gasteiger partial charge in [-0.05, 0) is 26.0 Å². The van der Waals surface area contributed by atoms with Crippen LogP contribution in [0.4, 0.5) is 0 Å². The van der Waals surface area contributed by atoms with Gasteiger partial charge in [0.15, 0.2) is 0 Å². The van der Waals surface area contributed by atoms with E-state index in [4.69, 9.17) is 9.15 Å². The summed E-state index contributed by atoms with van der Waals surface area (Å²) < 4.78 is 9.60. The van der Waals surface area contributed by atoms with E-state index in [0.29, 0.717) is 0 Å². The molecule has 0 amide bonds. The summed E-state index contributed by atoms with van der Waals surface area (Å²) in [5.41, 5.74) is 0.829. The van der Waals surface area contributed by atoms with Crippen molar-refractivity contribution in [1.82, 2.24) is 0 Å². The fraction of sp³-hybridized carbons (Fsp3) is 0.308. The van der Waals surface area contributed by atoms with Gasteiger partial charge in [0.05, 0.1) is 12.0 Å². The molecule has 0 spiro atoms. The zero-order valence-electron chi connectivity index (χ0n) is 10.0. The number of carbonyl (C=O) groups is 1. The molecule has 3 nitrogen and oxygen atoms in total. The third-order valence-electron chi connectivity index (χ3n) is 2.49. The van der Waals surface area contributed by atoms with E-state index in [0.717, 1.165) is 15.9 Å². The molecule has 0 fully saturated rings. The smallest absolute Gasteiger partial charge is 0.321 e. The van der Waals surface area contributed by atoms with Gasteiger partial charge in [-0.25, -0.2) is 0 Å². The van der Waals surface area contributed by atoms with E-state index in [1.54, 1.807) is 6.26 Å². The van der Waals surface area contributed by atoms with Crippen LogP contribution in [0, 0.1) is 0 Å². The van der Waals surface area contributed by atoms with Crippen LogP contribution in [0.3, 0.4) is 0 Å². The number of hydrogen-bond acceptors (Lipinski definition) is 4. The lowest BCUT2D eigenvalue weighted by molar-refractivity contribution is -0.142. The normalized spacial score (nSPS) is 11.7. The lowest BCUT2D eigenvalue weighted by atomic mass is 10.2. The molecule has 0 atom stereocenters. The molecule has 1 aromatic carbocycles. The van der Waals surface area contributed by atoms with Gasteiger partial charge >= 0.3 is 5.97 Å². The second-order valence-corrected chi connectivity index (χ2v) is 5.86. The number of benzene rings is 1. The Balaban J connectivity index is 2.33. The predicted molar refractivity (Wildman–Crippen MR) is 68.2 cm³/mol. The van der Waals surface area contributed by atoms with Crippen molar-refractivity contribution in [3.8, 4) is 0 Å². The van der Waals surface area contributed by atoms with Crippen molar-refractivity contribution >= 4 is 28.7 Å². The molecular weight excluding hydrogens is 236 g/mol. The minimum absolute atomic E-state index is 0.243. The Hall–Kier alpha value is -1.42. The van der Waals surface area contributed by atoms with E-state index in [1.165, 1.54) is 18.9 Å². The Morgan fingerprint density at radius 1 is 1.35 bits per heavy atom. The number of esters is 1. The van der Waals surface area contributed by atoms with Gasteiger partial charge in [-0.1, -0.05) is 12.1 Å². The summed E-state index contributed by atoms with van der Waals surface area (Å²) in [4.78, 5) is 12.6. The topological polar surface area (TPSA) is 39.4 Å². The zero-order chi connectivity index (χ0) is 12.5. The first kappa shape index (κ1) is 12.0. The molecule has 0 N–H and O–H groups in total. The van der Waals surface area contributed by atoms with E-state index in [2.05, 4.69) is 0 Å². The van der Waals surface area contributed by atoms with Gasteiger partial charge in [0.2, 0.25) is 0 Å². The third-order valence-corrected chi connectivity index (χ3v) is 3.70. The Morgan fingerprint density at radius 3 is 2.76 bits per heavy atom. The van der Waals surface area contributed by atoms with Crippen LogP contribution in [0.5, 0.6) is 0 Å². The molecule has 17 heavy (non-hydrogen) atoms. The molecule has 0 aliphatic heterocycles.